The van der Waals surface area contributed by atoms with Crippen molar-refractivity contribution in [2.45, 2.75) is 52.3 Å². The molecule has 1 fully saturated rings. The summed E-state index contributed by atoms with van der Waals surface area (Å²) < 4.78 is 26.4. The van der Waals surface area contributed by atoms with Gasteiger partial charge in [0.05, 0.1) is 6.04 Å². The Kier molecular flexibility index (Phi) is 5.95. The van der Waals surface area contributed by atoms with Gasteiger partial charge in [0.25, 0.3) is 0 Å². The molecule has 0 atom stereocenters. The van der Waals surface area contributed by atoms with Gasteiger partial charge in [-0.1, -0.05) is 27.7 Å². The summed E-state index contributed by atoms with van der Waals surface area (Å²) in [5, 5.41) is 11.2. The van der Waals surface area contributed by atoms with Crippen LogP contribution >= 0.6 is 0 Å². The standard InChI is InChI=1S/C15H27N5O3S/c1-11(2)7-19(8-12(3)4)15(21)10-24(22,23)9-14-16-17-18-20(14)13-5-6-13/h11-13H,5-10H2,1-4H3. The van der Waals surface area contributed by atoms with E-state index in [0.717, 1.165) is 12.8 Å². The summed E-state index contributed by atoms with van der Waals surface area (Å²) in [7, 11) is -3.60. The fourth-order valence-corrected chi connectivity index (χ4v) is 3.84. The topological polar surface area (TPSA) is 98.1 Å². The number of nitrogens with zero attached hydrogens (tertiary/aromatic N) is 5. The van der Waals surface area contributed by atoms with Gasteiger partial charge in [-0.3, -0.25) is 4.79 Å². The molecule has 136 valence electrons. The minimum absolute atomic E-state index is 0.208. The molecule has 0 aliphatic heterocycles. The summed E-state index contributed by atoms with van der Waals surface area (Å²) >= 11 is 0. The third-order valence-corrected chi connectivity index (χ3v) is 5.05. The van der Waals surface area contributed by atoms with Crippen molar-refractivity contribution in [3.8, 4) is 0 Å². The molecular weight excluding hydrogens is 330 g/mol. The minimum Gasteiger partial charge on any atom is -0.341 e. The van der Waals surface area contributed by atoms with E-state index in [9.17, 15) is 13.2 Å². The van der Waals surface area contributed by atoms with Gasteiger partial charge in [-0.25, -0.2) is 13.1 Å². The second-order valence-electron chi connectivity index (χ2n) is 7.39. The van der Waals surface area contributed by atoms with E-state index in [1.165, 1.54) is 0 Å². The first-order valence-electron chi connectivity index (χ1n) is 8.43. The highest BCUT2D eigenvalue weighted by atomic mass is 32.2. The summed E-state index contributed by atoms with van der Waals surface area (Å²) in [5.41, 5.74) is 0. The van der Waals surface area contributed by atoms with Crippen LogP contribution in [0.3, 0.4) is 0 Å². The van der Waals surface area contributed by atoms with Gasteiger partial charge in [-0.2, -0.15) is 0 Å². The van der Waals surface area contributed by atoms with Crippen LogP contribution in [0.4, 0.5) is 0 Å². The van der Waals surface area contributed by atoms with Gasteiger partial charge >= 0.3 is 0 Å². The molecule has 1 aromatic rings. The number of tetrazole rings is 1. The second kappa shape index (κ2) is 7.58. The number of aromatic nitrogens is 4. The van der Waals surface area contributed by atoms with Crippen molar-refractivity contribution in [1.29, 1.82) is 0 Å². The van der Waals surface area contributed by atoms with Crippen molar-refractivity contribution in [3.05, 3.63) is 5.82 Å². The average molecular weight is 357 g/mol. The Hall–Kier alpha value is -1.51. The van der Waals surface area contributed by atoms with Crippen molar-refractivity contribution in [2.75, 3.05) is 18.8 Å². The van der Waals surface area contributed by atoms with E-state index in [4.69, 9.17) is 0 Å². The first-order valence-corrected chi connectivity index (χ1v) is 10.2. The van der Waals surface area contributed by atoms with E-state index in [1.54, 1.807) is 9.58 Å². The van der Waals surface area contributed by atoms with E-state index < -0.39 is 15.6 Å². The molecule has 1 aliphatic rings. The quantitative estimate of drug-likeness (QED) is 0.655. The maximum absolute atomic E-state index is 12.5. The number of amides is 1. The van der Waals surface area contributed by atoms with Crippen LogP contribution in [0.1, 0.15) is 52.4 Å². The molecule has 1 amide bonds. The Labute approximate surface area is 143 Å². The number of hydrogen-bond donors (Lipinski definition) is 0. The third-order valence-electron chi connectivity index (χ3n) is 3.67. The molecule has 0 aromatic carbocycles. The average Bonchev–Trinajstić information content (AvgIpc) is 3.17. The summed E-state index contributed by atoms with van der Waals surface area (Å²) in [4.78, 5) is 14.1. The largest absolute Gasteiger partial charge is 0.341 e. The SMILES string of the molecule is CC(C)CN(CC(C)C)C(=O)CS(=O)(=O)Cc1nnnn1C1CC1. The monoisotopic (exact) mass is 357 g/mol. The van der Waals surface area contributed by atoms with Gasteiger partial charge in [0.15, 0.2) is 15.7 Å². The maximum atomic E-state index is 12.5. The van der Waals surface area contributed by atoms with Crippen LogP contribution in [0.25, 0.3) is 0 Å². The molecular formula is C15H27N5O3S. The molecule has 8 nitrogen and oxygen atoms in total. The molecule has 0 unspecified atom stereocenters. The lowest BCUT2D eigenvalue weighted by atomic mass is 10.1. The molecule has 2 rings (SSSR count). The summed E-state index contributed by atoms with van der Waals surface area (Å²) in [5.74, 6) is -0.230. The van der Waals surface area contributed by atoms with Gasteiger partial charge in [0.1, 0.15) is 11.5 Å². The van der Waals surface area contributed by atoms with E-state index >= 15 is 0 Å². The molecule has 0 spiro atoms. The number of rotatable bonds is 9. The van der Waals surface area contributed by atoms with Crippen LogP contribution in [0.15, 0.2) is 0 Å². The molecule has 0 N–H and O–H groups in total. The first-order chi connectivity index (χ1) is 11.2. The molecule has 9 heteroatoms. The lowest BCUT2D eigenvalue weighted by Crippen LogP contribution is -2.40. The predicted octanol–water partition coefficient (Wildman–Crippen LogP) is 1.06. The van der Waals surface area contributed by atoms with Gasteiger partial charge in [0.2, 0.25) is 5.91 Å². The number of carbonyl (C=O) groups is 1. The molecule has 24 heavy (non-hydrogen) atoms. The maximum Gasteiger partial charge on any atom is 0.237 e. The van der Waals surface area contributed by atoms with Crippen LogP contribution in [0.2, 0.25) is 0 Å². The highest BCUT2D eigenvalue weighted by Gasteiger charge is 2.31. The molecule has 1 heterocycles. The van der Waals surface area contributed by atoms with Crippen molar-refractivity contribution < 1.29 is 13.2 Å². The van der Waals surface area contributed by atoms with E-state index in [2.05, 4.69) is 15.5 Å². The van der Waals surface area contributed by atoms with Crippen LogP contribution < -0.4 is 0 Å². The van der Waals surface area contributed by atoms with Crippen molar-refractivity contribution in [3.63, 3.8) is 0 Å². The Balaban J connectivity index is 2.02. The normalized spacial score (nSPS) is 15.2. The van der Waals surface area contributed by atoms with Gasteiger partial charge in [0, 0.05) is 13.1 Å². The van der Waals surface area contributed by atoms with Crippen molar-refractivity contribution in [1.82, 2.24) is 25.1 Å². The van der Waals surface area contributed by atoms with E-state index in [-0.39, 0.29) is 29.5 Å². The number of carbonyl (C=O) groups excluding carboxylic acids is 1. The fraction of sp³-hybridized carbons (Fsp3) is 0.867. The molecule has 1 aromatic heterocycles. The number of sulfone groups is 1. The first kappa shape index (κ1) is 18.8. The Morgan fingerprint density at radius 3 is 2.29 bits per heavy atom. The second-order valence-corrected chi connectivity index (χ2v) is 9.45. The molecule has 1 aliphatic carbocycles. The number of hydrogen-bond acceptors (Lipinski definition) is 6. The Morgan fingerprint density at radius 2 is 1.79 bits per heavy atom. The van der Waals surface area contributed by atoms with E-state index in [1.807, 2.05) is 27.7 Å². The predicted molar refractivity (Wildman–Crippen MR) is 89.8 cm³/mol. The molecule has 0 radical (unpaired) electrons. The Bertz CT molecular complexity index is 654. The summed E-state index contributed by atoms with van der Waals surface area (Å²) in [6, 6.07) is 0.208. The molecule has 0 bridgehead atoms. The van der Waals surface area contributed by atoms with Crippen LogP contribution in [-0.2, 0) is 20.4 Å². The van der Waals surface area contributed by atoms with Crippen LogP contribution in [0.5, 0.6) is 0 Å². The minimum atomic E-state index is -3.60. The highest BCUT2D eigenvalue weighted by Crippen LogP contribution is 2.34. The summed E-state index contributed by atoms with van der Waals surface area (Å²) in [6.45, 7) is 9.17. The van der Waals surface area contributed by atoms with Crippen LogP contribution in [-0.4, -0.2) is 58.3 Å². The van der Waals surface area contributed by atoms with Gasteiger partial charge in [-0.05, 0) is 35.1 Å². The summed E-state index contributed by atoms with van der Waals surface area (Å²) in [6.07, 6.45) is 1.93. The van der Waals surface area contributed by atoms with Crippen molar-refractivity contribution >= 4 is 15.7 Å². The Morgan fingerprint density at radius 1 is 1.21 bits per heavy atom. The lowest BCUT2D eigenvalue weighted by Gasteiger charge is -2.26. The van der Waals surface area contributed by atoms with Gasteiger partial charge in [-0.15, -0.1) is 5.10 Å². The lowest BCUT2D eigenvalue weighted by molar-refractivity contribution is -0.129. The van der Waals surface area contributed by atoms with Gasteiger partial charge < -0.3 is 4.90 Å². The molecule has 0 saturated heterocycles. The fourth-order valence-electron chi connectivity index (χ4n) is 2.60. The van der Waals surface area contributed by atoms with E-state index in [0.29, 0.717) is 18.9 Å². The highest BCUT2D eigenvalue weighted by molar-refractivity contribution is 7.91. The smallest absolute Gasteiger partial charge is 0.237 e. The zero-order chi connectivity index (χ0) is 17.9. The molecule has 1 saturated carbocycles. The van der Waals surface area contributed by atoms with Crippen molar-refractivity contribution in [2.24, 2.45) is 11.8 Å². The third kappa shape index (κ3) is 5.54. The zero-order valence-electron chi connectivity index (χ0n) is 14.8. The van der Waals surface area contributed by atoms with Crippen LogP contribution in [0, 0.1) is 11.8 Å². The zero-order valence-corrected chi connectivity index (χ0v) is 15.7.